The molecular formula is C13H27NO. The molecule has 2 nitrogen and oxygen atoms in total. The van der Waals surface area contributed by atoms with E-state index in [-0.39, 0.29) is 5.60 Å². The Morgan fingerprint density at radius 1 is 1.47 bits per heavy atom. The molecule has 1 rings (SSSR count). The molecule has 0 amide bonds. The SMILES string of the molecule is COC(C)(C)CCC1(CN)CCC(C)C1. The van der Waals surface area contributed by atoms with Crippen molar-refractivity contribution in [3.63, 3.8) is 0 Å². The molecule has 0 saturated heterocycles. The standard InChI is InChI=1S/C13H27NO/c1-11-5-6-13(9-11,10-14)8-7-12(2,3)15-4/h11H,5-10,14H2,1-4H3. The summed E-state index contributed by atoms with van der Waals surface area (Å²) in [4.78, 5) is 0. The number of hydrogen-bond donors (Lipinski definition) is 1. The summed E-state index contributed by atoms with van der Waals surface area (Å²) < 4.78 is 5.47. The van der Waals surface area contributed by atoms with Crippen molar-refractivity contribution in [2.24, 2.45) is 17.1 Å². The van der Waals surface area contributed by atoms with Crippen molar-refractivity contribution in [2.45, 2.75) is 58.5 Å². The van der Waals surface area contributed by atoms with Crippen molar-refractivity contribution < 1.29 is 4.74 Å². The van der Waals surface area contributed by atoms with Gasteiger partial charge in [-0.3, -0.25) is 0 Å². The molecule has 0 aliphatic heterocycles. The molecule has 2 heteroatoms. The third-order valence-electron chi connectivity index (χ3n) is 4.19. The van der Waals surface area contributed by atoms with Gasteiger partial charge in [0.2, 0.25) is 0 Å². The van der Waals surface area contributed by atoms with Crippen molar-refractivity contribution in [1.29, 1.82) is 0 Å². The third kappa shape index (κ3) is 3.46. The van der Waals surface area contributed by atoms with E-state index in [1.807, 2.05) is 0 Å². The van der Waals surface area contributed by atoms with E-state index in [1.165, 1.54) is 25.7 Å². The van der Waals surface area contributed by atoms with Crippen LogP contribution in [0.15, 0.2) is 0 Å². The molecule has 15 heavy (non-hydrogen) atoms. The average Bonchev–Trinajstić information content (AvgIpc) is 2.59. The lowest BCUT2D eigenvalue weighted by Gasteiger charge is -2.32. The minimum Gasteiger partial charge on any atom is -0.379 e. The maximum absolute atomic E-state index is 5.96. The summed E-state index contributed by atoms with van der Waals surface area (Å²) in [7, 11) is 1.80. The third-order valence-corrected chi connectivity index (χ3v) is 4.19. The van der Waals surface area contributed by atoms with E-state index in [0.717, 1.165) is 18.9 Å². The molecule has 2 atom stereocenters. The summed E-state index contributed by atoms with van der Waals surface area (Å²) in [5.41, 5.74) is 6.38. The predicted octanol–water partition coefficient (Wildman–Crippen LogP) is 2.96. The minimum atomic E-state index is 0.00793. The molecule has 1 fully saturated rings. The zero-order valence-electron chi connectivity index (χ0n) is 10.8. The van der Waals surface area contributed by atoms with Gasteiger partial charge in [0.25, 0.3) is 0 Å². The van der Waals surface area contributed by atoms with Crippen molar-refractivity contribution in [2.75, 3.05) is 13.7 Å². The first-order valence-corrected chi connectivity index (χ1v) is 6.18. The van der Waals surface area contributed by atoms with Gasteiger partial charge < -0.3 is 10.5 Å². The summed E-state index contributed by atoms with van der Waals surface area (Å²) in [5.74, 6) is 0.860. The molecule has 0 spiro atoms. The molecule has 1 aliphatic rings. The van der Waals surface area contributed by atoms with Gasteiger partial charge in [-0.2, -0.15) is 0 Å². The van der Waals surface area contributed by atoms with Crippen LogP contribution in [0.3, 0.4) is 0 Å². The van der Waals surface area contributed by atoms with Crippen LogP contribution in [0.4, 0.5) is 0 Å². The molecule has 2 unspecified atom stereocenters. The molecule has 0 aromatic heterocycles. The quantitative estimate of drug-likeness (QED) is 0.762. The molecule has 0 radical (unpaired) electrons. The van der Waals surface area contributed by atoms with Gasteiger partial charge >= 0.3 is 0 Å². The van der Waals surface area contributed by atoms with E-state index < -0.39 is 0 Å². The Labute approximate surface area is 94.6 Å². The first-order chi connectivity index (χ1) is 6.93. The monoisotopic (exact) mass is 213 g/mol. The van der Waals surface area contributed by atoms with E-state index in [4.69, 9.17) is 10.5 Å². The summed E-state index contributed by atoms with van der Waals surface area (Å²) in [6.07, 6.45) is 6.31. The van der Waals surface area contributed by atoms with Crippen LogP contribution in [-0.2, 0) is 4.74 Å². The van der Waals surface area contributed by atoms with Crippen molar-refractivity contribution in [1.82, 2.24) is 0 Å². The lowest BCUT2D eigenvalue weighted by molar-refractivity contribution is 0.00407. The highest BCUT2D eigenvalue weighted by Crippen LogP contribution is 2.45. The molecule has 2 N–H and O–H groups in total. The first kappa shape index (κ1) is 13.0. The molecule has 1 aliphatic carbocycles. The van der Waals surface area contributed by atoms with Crippen LogP contribution in [0.1, 0.15) is 52.9 Å². The van der Waals surface area contributed by atoms with Crippen LogP contribution in [0.2, 0.25) is 0 Å². The molecule has 0 bridgehead atoms. The first-order valence-electron chi connectivity index (χ1n) is 6.18. The Morgan fingerprint density at radius 3 is 2.53 bits per heavy atom. The van der Waals surface area contributed by atoms with Gasteiger partial charge in [-0.25, -0.2) is 0 Å². The Balaban J connectivity index is 2.48. The summed E-state index contributed by atoms with van der Waals surface area (Å²) in [5, 5.41) is 0. The topological polar surface area (TPSA) is 35.2 Å². The van der Waals surface area contributed by atoms with Gasteiger partial charge in [0, 0.05) is 7.11 Å². The molecule has 0 aromatic rings. The summed E-state index contributed by atoms with van der Waals surface area (Å²) in [6.45, 7) is 7.52. The number of methoxy groups -OCH3 is 1. The number of nitrogens with two attached hydrogens (primary N) is 1. The Kier molecular flexibility index (Phi) is 4.19. The maximum Gasteiger partial charge on any atom is 0.0623 e. The fourth-order valence-electron chi connectivity index (χ4n) is 2.68. The second-order valence-electron chi connectivity index (χ2n) is 6.02. The fourth-order valence-corrected chi connectivity index (χ4v) is 2.68. The second-order valence-corrected chi connectivity index (χ2v) is 6.02. The summed E-state index contributed by atoms with van der Waals surface area (Å²) in [6, 6.07) is 0. The highest BCUT2D eigenvalue weighted by atomic mass is 16.5. The molecule has 1 saturated carbocycles. The minimum absolute atomic E-state index is 0.00793. The van der Waals surface area contributed by atoms with Crippen LogP contribution in [0.5, 0.6) is 0 Å². The predicted molar refractivity (Wildman–Crippen MR) is 64.8 cm³/mol. The van der Waals surface area contributed by atoms with Gasteiger partial charge in [-0.1, -0.05) is 13.3 Å². The van der Waals surface area contributed by atoms with E-state index in [0.29, 0.717) is 5.41 Å². The zero-order chi connectivity index (χ0) is 11.5. The Morgan fingerprint density at radius 2 is 2.13 bits per heavy atom. The zero-order valence-corrected chi connectivity index (χ0v) is 10.8. The van der Waals surface area contributed by atoms with Crippen molar-refractivity contribution in [3.05, 3.63) is 0 Å². The molecule has 90 valence electrons. The van der Waals surface area contributed by atoms with Gasteiger partial charge in [-0.15, -0.1) is 0 Å². The van der Waals surface area contributed by atoms with Crippen LogP contribution in [0, 0.1) is 11.3 Å². The van der Waals surface area contributed by atoms with Crippen LogP contribution in [-0.4, -0.2) is 19.3 Å². The lowest BCUT2D eigenvalue weighted by atomic mass is 9.78. The van der Waals surface area contributed by atoms with Crippen LogP contribution >= 0.6 is 0 Å². The van der Waals surface area contributed by atoms with Crippen molar-refractivity contribution >= 4 is 0 Å². The lowest BCUT2D eigenvalue weighted by Crippen LogP contribution is -2.32. The summed E-state index contributed by atoms with van der Waals surface area (Å²) >= 11 is 0. The van der Waals surface area contributed by atoms with Crippen molar-refractivity contribution in [3.8, 4) is 0 Å². The smallest absolute Gasteiger partial charge is 0.0623 e. The highest BCUT2D eigenvalue weighted by molar-refractivity contribution is 4.90. The normalized spacial score (nSPS) is 32.2. The van der Waals surface area contributed by atoms with Gasteiger partial charge in [0.05, 0.1) is 5.60 Å². The Hall–Kier alpha value is -0.0800. The highest BCUT2D eigenvalue weighted by Gasteiger charge is 2.37. The van der Waals surface area contributed by atoms with E-state index in [1.54, 1.807) is 7.11 Å². The van der Waals surface area contributed by atoms with Gasteiger partial charge in [0.1, 0.15) is 0 Å². The fraction of sp³-hybridized carbons (Fsp3) is 1.00. The Bertz CT molecular complexity index is 203. The number of rotatable bonds is 5. The molecule has 0 heterocycles. The molecular weight excluding hydrogens is 186 g/mol. The molecule has 0 aromatic carbocycles. The van der Waals surface area contributed by atoms with Crippen LogP contribution in [0.25, 0.3) is 0 Å². The average molecular weight is 213 g/mol. The van der Waals surface area contributed by atoms with E-state index in [2.05, 4.69) is 20.8 Å². The van der Waals surface area contributed by atoms with Gasteiger partial charge in [-0.05, 0) is 57.4 Å². The van der Waals surface area contributed by atoms with Crippen LogP contribution < -0.4 is 5.73 Å². The maximum atomic E-state index is 5.96. The van der Waals surface area contributed by atoms with E-state index in [9.17, 15) is 0 Å². The largest absolute Gasteiger partial charge is 0.379 e. The number of hydrogen-bond acceptors (Lipinski definition) is 2. The number of ether oxygens (including phenoxy) is 1. The van der Waals surface area contributed by atoms with E-state index >= 15 is 0 Å². The van der Waals surface area contributed by atoms with Gasteiger partial charge in [0.15, 0.2) is 0 Å². The second kappa shape index (κ2) is 4.84.